The third-order valence-corrected chi connectivity index (χ3v) is 8.42. The van der Waals surface area contributed by atoms with E-state index in [9.17, 15) is 23.5 Å². The van der Waals surface area contributed by atoms with Gasteiger partial charge in [0.1, 0.15) is 11.6 Å². The fourth-order valence-corrected chi connectivity index (χ4v) is 5.99. The van der Waals surface area contributed by atoms with Crippen LogP contribution in [0.1, 0.15) is 71.0 Å². The number of hydrogen-bond acceptors (Lipinski definition) is 6. The van der Waals surface area contributed by atoms with Crippen LogP contribution in [0.25, 0.3) is 0 Å². The summed E-state index contributed by atoms with van der Waals surface area (Å²) in [5.41, 5.74) is 4.05. The Bertz CT molecular complexity index is 1460. The van der Waals surface area contributed by atoms with Crippen molar-refractivity contribution in [3.63, 3.8) is 0 Å². The summed E-state index contributed by atoms with van der Waals surface area (Å²) in [5, 5.41) is 20.9. The lowest BCUT2D eigenvalue weighted by Crippen LogP contribution is -2.48. The van der Waals surface area contributed by atoms with Crippen LogP contribution in [0.4, 0.5) is 14.5 Å². The molecule has 3 aromatic carbocycles. The Morgan fingerprint density at radius 2 is 1.54 bits per heavy atom. The maximum Gasteiger partial charge on any atom is 0.253 e. The molecule has 1 aliphatic rings. The maximum atomic E-state index is 14.1. The Labute approximate surface area is 289 Å². The molecule has 2 amide bonds. The van der Waals surface area contributed by atoms with Gasteiger partial charge >= 0.3 is 0 Å². The van der Waals surface area contributed by atoms with Crippen molar-refractivity contribution in [3.8, 4) is 0 Å². The number of aliphatic hydroxyl groups is 1. The molecule has 0 aromatic heterocycles. The number of benzene rings is 3. The quantitative estimate of drug-likeness (QED) is 0.167. The third-order valence-electron chi connectivity index (χ3n) is 8.42. The number of amides is 2. The number of nitrogens with zero attached hydrogens (tertiary/aromatic N) is 2. The van der Waals surface area contributed by atoms with Gasteiger partial charge < -0.3 is 30.9 Å². The number of aryl methyl sites for hydroxylation is 1. The van der Waals surface area contributed by atoms with E-state index >= 15 is 0 Å². The van der Waals surface area contributed by atoms with Gasteiger partial charge in [-0.2, -0.15) is 0 Å². The van der Waals surface area contributed by atoms with Crippen LogP contribution in [-0.4, -0.2) is 79.8 Å². The summed E-state index contributed by atoms with van der Waals surface area (Å²) >= 11 is 0. The summed E-state index contributed by atoms with van der Waals surface area (Å²) in [6.07, 6.45) is 1.46. The predicted octanol–water partition coefficient (Wildman–Crippen LogP) is 5.11. The summed E-state index contributed by atoms with van der Waals surface area (Å²) in [4.78, 5) is 31.6. The molecule has 3 aromatic rings. The highest BCUT2D eigenvalue weighted by Gasteiger charge is 2.25. The summed E-state index contributed by atoms with van der Waals surface area (Å²) in [6.45, 7) is 11.0. The van der Waals surface area contributed by atoms with Gasteiger partial charge in [-0.25, -0.2) is 8.78 Å². The molecule has 2 atom stereocenters. The second-order valence-corrected chi connectivity index (χ2v) is 12.2. The lowest BCUT2D eigenvalue weighted by molar-refractivity contribution is 0.0755. The van der Waals surface area contributed by atoms with Gasteiger partial charge in [0.15, 0.2) is 0 Å². The normalized spacial score (nSPS) is 14.2. The lowest BCUT2D eigenvalue weighted by atomic mass is 9.99. The monoisotopic (exact) mass is 685 g/mol. The molecule has 1 aliphatic heterocycles. The zero-order valence-corrected chi connectivity index (χ0v) is 29.1. The van der Waals surface area contributed by atoms with E-state index in [1.807, 2.05) is 36.9 Å². The Kier molecular flexibility index (Phi) is 15.7. The first-order valence-electron chi connectivity index (χ1n) is 16.8. The molecule has 0 radical (unpaired) electrons. The highest BCUT2D eigenvalue weighted by molar-refractivity contribution is 6.01. The smallest absolute Gasteiger partial charge is 0.253 e. The van der Waals surface area contributed by atoms with Crippen molar-refractivity contribution >= 4 is 29.9 Å². The Morgan fingerprint density at radius 3 is 2.19 bits per heavy atom. The molecular formula is C37H50ClF2N5O3. The zero-order valence-electron chi connectivity index (χ0n) is 28.2. The van der Waals surface area contributed by atoms with E-state index in [0.717, 1.165) is 62.8 Å². The number of rotatable bonds is 16. The van der Waals surface area contributed by atoms with Crippen molar-refractivity contribution in [1.82, 2.24) is 20.9 Å². The van der Waals surface area contributed by atoms with E-state index in [4.69, 9.17) is 0 Å². The minimum Gasteiger partial charge on any atom is -0.390 e. The van der Waals surface area contributed by atoms with Crippen LogP contribution in [0.3, 0.4) is 0 Å². The van der Waals surface area contributed by atoms with E-state index in [0.29, 0.717) is 30.8 Å². The van der Waals surface area contributed by atoms with Crippen LogP contribution in [0.15, 0.2) is 60.7 Å². The molecule has 0 saturated carbocycles. The summed E-state index contributed by atoms with van der Waals surface area (Å²) in [5.74, 6) is -2.08. The minimum absolute atomic E-state index is 0. The number of halogens is 3. The number of carbonyl (C=O) groups is 2. The van der Waals surface area contributed by atoms with E-state index in [1.165, 1.54) is 17.7 Å². The number of hydrogen-bond donors (Lipinski definition) is 4. The topological polar surface area (TPSA) is 96.9 Å². The van der Waals surface area contributed by atoms with Gasteiger partial charge in [-0.3, -0.25) is 9.59 Å². The summed E-state index contributed by atoms with van der Waals surface area (Å²) in [7, 11) is 0. The van der Waals surface area contributed by atoms with Gasteiger partial charge in [0, 0.05) is 75.2 Å². The van der Waals surface area contributed by atoms with E-state index in [1.54, 1.807) is 12.1 Å². The second-order valence-electron chi connectivity index (χ2n) is 12.2. The van der Waals surface area contributed by atoms with E-state index in [-0.39, 0.29) is 36.8 Å². The Hall–Kier alpha value is -3.57. The van der Waals surface area contributed by atoms with Crippen molar-refractivity contribution in [1.29, 1.82) is 0 Å². The molecule has 11 heteroatoms. The summed E-state index contributed by atoms with van der Waals surface area (Å²) < 4.78 is 28.3. The molecule has 1 fully saturated rings. The first kappa shape index (κ1) is 38.9. The van der Waals surface area contributed by atoms with Crippen molar-refractivity contribution in [2.45, 2.75) is 65.1 Å². The van der Waals surface area contributed by atoms with Crippen LogP contribution in [0, 0.1) is 11.6 Å². The molecule has 4 rings (SSSR count). The van der Waals surface area contributed by atoms with E-state index < -0.39 is 29.7 Å². The van der Waals surface area contributed by atoms with Crippen molar-refractivity contribution in [3.05, 3.63) is 100 Å². The molecule has 1 saturated heterocycles. The minimum atomic E-state index is -1.08. The summed E-state index contributed by atoms with van der Waals surface area (Å²) in [6, 6.07) is 15.7. The van der Waals surface area contributed by atoms with Crippen molar-refractivity contribution in [2.75, 3.05) is 50.7 Å². The highest BCUT2D eigenvalue weighted by atomic mass is 35.5. The first-order valence-corrected chi connectivity index (χ1v) is 16.8. The largest absolute Gasteiger partial charge is 0.390 e. The SMILES string of the molecule is CCCN(CCC)C(=O)c1cc(C(=O)N[C@@H](Cc2cc(F)cc(F)c2)[C@H](O)CNCc2cccc(CC)c2)cc(N2CCNCC2)c1.Cl. The van der Waals surface area contributed by atoms with Crippen LogP contribution in [-0.2, 0) is 19.4 Å². The number of anilines is 1. The maximum absolute atomic E-state index is 14.1. The lowest BCUT2D eigenvalue weighted by Gasteiger charge is -2.31. The Morgan fingerprint density at radius 1 is 0.896 bits per heavy atom. The average molecular weight is 686 g/mol. The van der Waals surface area contributed by atoms with Gasteiger partial charge in [0.25, 0.3) is 11.8 Å². The molecule has 1 heterocycles. The molecule has 262 valence electrons. The van der Waals surface area contributed by atoms with E-state index in [2.05, 4.69) is 39.9 Å². The number of piperazine rings is 1. The standard InChI is InChI=1S/C37H49F2N5O3.ClH/c1-4-12-44(13-5-2)37(47)30-20-29(21-33(22-30)43-14-10-40-11-15-43)36(46)42-34(19-28-17-31(38)23-32(39)18-28)35(45)25-41-24-27-9-7-8-26(6-3)16-27;/h7-9,16-18,20-23,34-35,40-41,45H,4-6,10-15,19,24-25H2,1-3H3,(H,42,46);1H/t34-,35+;/m0./s1. The van der Waals surface area contributed by atoms with Crippen molar-refractivity contribution < 1.29 is 23.5 Å². The average Bonchev–Trinajstić information content (AvgIpc) is 3.07. The predicted molar refractivity (Wildman–Crippen MR) is 190 cm³/mol. The fourth-order valence-electron chi connectivity index (χ4n) is 5.99. The Balaban J connectivity index is 0.00000625. The fraction of sp³-hybridized carbons (Fsp3) is 0.459. The zero-order chi connectivity index (χ0) is 33.8. The molecule has 48 heavy (non-hydrogen) atoms. The number of aliphatic hydroxyl groups excluding tert-OH is 1. The number of nitrogens with one attached hydrogen (secondary N) is 3. The van der Waals surface area contributed by atoms with Crippen LogP contribution < -0.4 is 20.9 Å². The number of carbonyl (C=O) groups excluding carboxylic acids is 2. The second kappa shape index (κ2) is 19.4. The van der Waals surface area contributed by atoms with Crippen molar-refractivity contribution in [2.24, 2.45) is 0 Å². The molecule has 0 unspecified atom stereocenters. The molecule has 8 nitrogen and oxygen atoms in total. The van der Waals surface area contributed by atoms with Crippen LogP contribution >= 0.6 is 12.4 Å². The van der Waals surface area contributed by atoms with Gasteiger partial charge in [0.05, 0.1) is 12.1 Å². The van der Waals surface area contributed by atoms with Gasteiger partial charge in [-0.15, -0.1) is 12.4 Å². The first-order chi connectivity index (χ1) is 22.7. The third kappa shape index (κ3) is 11.3. The van der Waals surface area contributed by atoms with Gasteiger partial charge in [0.2, 0.25) is 0 Å². The van der Waals surface area contributed by atoms with Crippen LogP contribution in [0.2, 0.25) is 0 Å². The molecule has 0 spiro atoms. The molecular weight excluding hydrogens is 636 g/mol. The molecule has 0 bridgehead atoms. The van der Waals surface area contributed by atoms with Gasteiger partial charge in [-0.1, -0.05) is 45.0 Å². The van der Waals surface area contributed by atoms with Gasteiger partial charge in [-0.05, 0) is 72.7 Å². The molecule has 4 N–H and O–H groups in total. The van der Waals surface area contributed by atoms with Crippen LogP contribution in [0.5, 0.6) is 0 Å². The molecule has 0 aliphatic carbocycles. The highest BCUT2D eigenvalue weighted by Crippen LogP contribution is 2.23.